The Morgan fingerprint density at radius 2 is 1.67 bits per heavy atom. The van der Waals surface area contributed by atoms with Gasteiger partial charge in [0.05, 0.1) is 6.04 Å². The molecule has 2 N–H and O–H groups in total. The number of amides is 2. The number of benzene rings is 2. The van der Waals surface area contributed by atoms with Crippen LogP contribution in [0.1, 0.15) is 29.7 Å². The molecule has 0 aliphatic rings. The molecule has 0 saturated carbocycles. The predicted octanol–water partition coefficient (Wildman–Crippen LogP) is 4.84. The Hall–Kier alpha value is -2.00. The lowest BCUT2D eigenvalue weighted by Gasteiger charge is -2.18. The molecule has 2 amide bonds. The third kappa shape index (κ3) is 3.76. The zero-order valence-electron chi connectivity index (χ0n) is 12.4. The molecular weight excluding hydrogens is 284 g/mol. The van der Waals surface area contributed by atoms with E-state index < -0.39 is 0 Å². The van der Waals surface area contributed by atoms with Crippen molar-refractivity contribution in [2.24, 2.45) is 0 Å². The van der Waals surface area contributed by atoms with E-state index >= 15 is 0 Å². The SMILES string of the molecule is Cc1cccc(C)c1NC(=O)N[C@@H](C)c1ccccc1Cl. The van der Waals surface area contributed by atoms with E-state index in [1.165, 1.54) is 0 Å². The van der Waals surface area contributed by atoms with Crippen LogP contribution in [0.25, 0.3) is 0 Å². The third-order valence-corrected chi connectivity index (χ3v) is 3.78. The Kier molecular flexibility index (Phi) is 4.86. The maximum absolute atomic E-state index is 12.1. The van der Waals surface area contributed by atoms with E-state index in [0.29, 0.717) is 5.02 Å². The molecule has 0 fully saturated rings. The normalized spacial score (nSPS) is 11.8. The lowest BCUT2D eigenvalue weighted by molar-refractivity contribution is 0.249. The molecule has 4 heteroatoms. The molecule has 110 valence electrons. The molecule has 0 radical (unpaired) electrons. The van der Waals surface area contributed by atoms with Crippen molar-refractivity contribution in [2.75, 3.05) is 5.32 Å². The molecule has 2 aromatic carbocycles. The first-order chi connectivity index (χ1) is 9.99. The number of carbonyl (C=O) groups excluding carboxylic acids is 1. The minimum Gasteiger partial charge on any atom is -0.331 e. The van der Waals surface area contributed by atoms with Gasteiger partial charge >= 0.3 is 6.03 Å². The van der Waals surface area contributed by atoms with Crippen LogP contribution in [0.5, 0.6) is 0 Å². The summed E-state index contributed by atoms with van der Waals surface area (Å²) in [5.74, 6) is 0. The van der Waals surface area contributed by atoms with Crippen LogP contribution in [0, 0.1) is 13.8 Å². The summed E-state index contributed by atoms with van der Waals surface area (Å²) in [7, 11) is 0. The van der Waals surface area contributed by atoms with Crippen LogP contribution in [0.4, 0.5) is 10.5 Å². The first-order valence-electron chi connectivity index (χ1n) is 6.87. The number of aryl methyl sites for hydroxylation is 2. The van der Waals surface area contributed by atoms with Crippen molar-refractivity contribution >= 4 is 23.3 Å². The molecule has 0 unspecified atom stereocenters. The number of anilines is 1. The first-order valence-corrected chi connectivity index (χ1v) is 7.25. The topological polar surface area (TPSA) is 41.1 Å². The summed E-state index contributed by atoms with van der Waals surface area (Å²) in [6.45, 7) is 5.85. The molecule has 0 aliphatic heterocycles. The van der Waals surface area contributed by atoms with Gasteiger partial charge in [-0.2, -0.15) is 0 Å². The molecule has 21 heavy (non-hydrogen) atoms. The van der Waals surface area contributed by atoms with Crippen molar-refractivity contribution in [3.8, 4) is 0 Å². The van der Waals surface area contributed by atoms with Gasteiger partial charge < -0.3 is 10.6 Å². The lowest BCUT2D eigenvalue weighted by Crippen LogP contribution is -2.31. The molecule has 0 bridgehead atoms. The second kappa shape index (κ2) is 6.64. The summed E-state index contributed by atoms with van der Waals surface area (Å²) in [5, 5.41) is 6.46. The van der Waals surface area contributed by atoms with Gasteiger partial charge in [0.25, 0.3) is 0 Å². The Morgan fingerprint density at radius 1 is 1.05 bits per heavy atom. The minimum absolute atomic E-state index is 0.164. The fourth-order valence-electron chi connectivity index (χ4n) is 2.26. The van der Waals surface area contributed by atoms with Gasteiger partial charge in [-0.15, -0.1) is 0 Å². The zero-order chi connectivity index (χ0) is 15.4. The van der Waals surface area contributed by atoms with Gasteiger partial charge in [-0.3, -0.25) is 0 Å². The van der Waals surface area contributed by atoms with E-state index in [0.717, 1.165) is 22.4 Å². The summed E-state index contributed by atoms with van der Waals surface area (Å²) >= 11 is 6.14. The highest BCUT2D eigenvalue weighted by Gasteiger charge is 2.13. The molecule has 0 saturated heterocycles. The van der Waals surface area contributed by atoms with Gasteiger partial charge in [0.2, 0.25) is 0 Å². The van der Waals surface area contributed by atoms with Crippen molar-refractivity contribution < 1.29 is 4.79 Å². The van der Waals surface area contributed by atoms with Crippen LogP contribution < -0.4 is 10.6 Å². The van der Waals surface area contributed by atoms with Gasteiger partial charge in [0.1, 0.15) is 0 Å². The molecule has 2 aromatic rings. The van der Waals surface area contributed by atoms with Crippen molar-refractivity contribution in [3.63, 3.8) is 0 Å². The highest BCUT2D eigenvalue weighted by atomic mass is 35.5. The standard InChI is InChI=1S/C17H19ClN2O/c1-11-7-6-8-12(2)16(11)20-17(21)19-13(3)14-9-4-5-10-15(14)18/h4-10,13H,1-3H3,(H2,19,20,21)/t13-/m0/s1. The number of hydrogen-bond donors (Lipinski definition) is 2. The average Bonchev–Trinajstić information content (AvgIpc) is 2.43. The monoisotopic (exact) mass is 302 g/mol. The van der Waals surface area contributed by atoms with E-state index in [9.17, 15) is 4.79 Å². The molecular formula is C17H19ClN2O. The van der Waals surface area contributed by atoms with Crippen LogP contribution in [-0.4, -0.2) is 6.03 Å². The number of carbonyl (C=O) groups is 1. The fraction of sp³-hybridized carbons (Fsp3) is 0.235. The fourth-order valence-corrected chi connectivity index (χ4v) is 2.56. The minimum atomic E-state index is -0.236. The summed E-state index contributed by atoms with van der Waals surface area (Å²) in [6, 6.07) is 13.0. The smallest absolute Gasteiger partial charge is 0.319 e. The maximum atomic E-state index is 12.1. The Labute approximate surface area is 130 Å². The highest BCUT2D eigenvalue weighted by Crippen LogP contribution is 2.23. The largest absolute Gasteiger partial charge is 0.331 e. The van der Waals surface area contributed by atoms with E-state index in [4.69, 9.17) is 11.6 Å². The number of nitrogens with one attached hydrogen (secondary N) is 2. The van der Waals surface area contributed by atoms with E-state index in [1.807, 2.05) is 63.2 Å². The number of hydrogen-bond acceptors (Lipinski definition) is 1. The van der Waals surface area contributed by atoms with Crippen LogP contribution in [0.15, 0.2) is 42.5 Å². The summed E-state index contributed by atoms with van der Waals surface area (Å²) in [6.07, 6.45) is 0. The van der Waals surface area contributed by atoms with Crippen LogP contribution in [0.2, 0.25) is 5.02 Å². The van der Waals surface area contributed by atoms with Gasteiger partial charge in [0, 0.05) is 10.7 Å². The first kappa shape index (κ1) is 15.4. The van der Waals surface area contributed by atoms with Gasteiger partial charge in [-0.05, 0) is 43.5 Å². The molecule has 1 atom stereocenters. The van der Waals surface area contributed by atoms with Gasteiger partial charge in [0.15, 0.2) is 0 Å². The molecule has 0 aliphatic carbocycles. The third-order valence-electron chi connectivity index (χ3n) is 3.44. The Balaban J connectivity index is 2.07. The molecule has 3 nitrogen and oxygen atoms in total. The molecule has 2 rings (SSSR count). The lowest BCUT2D eigenvalue weighted by atomic mass is 10.1. The van der Waals surface area contributed by atoms with Crippen LogP contribution in [-0.2, 0) is 0 Å². The van der Waals surface area contributed by atoms with Crippen molar-refractivity contribution in [1.82, 2.24) is 5.32 Å². The number of halogens is 1. The quantitative estimate of drug-likeness (QED) is 0.837. The number of rotatable bonds is 3. The molecule has 0 aromatic heterocycles. The van der Waals surface area contributed by atoms with Crippen LogP contribution in [0.3, 0.4) is 0 Å². The van der Waals surface area contributed by atoms with Crippen LogP contribution >= 0.6 is 11.6 Å². The second-order valence-corrected chi connectivity index (χ2v) is 5.52. The number of urea groups is 1. The average molecular weight is 303 g/mol. The second-order valence-electron chi connectivity index (χ2n) is 5.11. The van der Waals surface area contributed by atoms with Crippen molar-refractivity contribution in [3.05, 3.63) is 64.2 Å². The highest BCUT2D eigenvalue weighted by molar-refractivity contribution is 6.31. The Morgan fingerprint density at radius 3 is 2.29 bits per heavy atom. The zero-order valence-corrected chi connectivity index (χ0v) is 13.2. The van der Waals surface area contributed by atoms with E-state index in [-0.39, 0.29) is 12.1 Å². The number of para-hydroxylation sites is 1. The molecule has 0 heterocycles. The Bertz CT molecular complexity index is 635. The van der Waals surface area contributed by atoms with Crippen molar-refractivity contribution in [2.45, 2.75) is 26.8 Å². The van der Waals surface area contributed by atoms with E-state index in [1.54, 1.807) is 0 Å². The molecule has 0 spiro atoms. The summed E-state index contributed by atoms with van der Waals surface area (Å²) in [4.78, 5) is 12.1. The predicted molar refractivity (Wildman–Crippen MR) is 87.9 cm³/mol. The van der Waals surface area contributed by atoms with E-state index in [2.05, 4.69) is 10.6 Å². The summed E-state index contributed by atoms with van der Waals surface area (Å²) in [5.41, 5.74) is 3.82. The summed E-state index contributed by atoms with van der Waals surface area (Å²) < 4.78 is 0. The van der Waals surface area contributed by atoms with Gasteiger partial charge in [-0.1, -0.05) is 48.0 Å². The van der Waals surface area contributed by atoms with Gasteiger partial charge in [-0.25, -0.2) is 4.79 Å². The maximum Gasteiger partial charge on any atom is 0.319 e. The van der Waals surface area contributed by atoms with Crippen molar-refractivity contribution in [1.29, 1.82) is 0 Å².